The van der Waals surface area contributed by atoms with Gasteiger partial charge in [0, 0.05) is 6.04 Å². The summed E-state index contributed by atoms with van der Waals surface area (Å²) >= 11 is 6.92. The quantitative estimate of drug-likeness (QED) is 0.699. The predicted molar refractivity (Wildman–Crippen MR) is 91.1 cm³/mol. The van der Waals surface area contributed by atoms with Crippen LogP contribution in [-0.4, -0.2) is 24.6 Å². The van der Waals surface area contributed by atoms with Gasteiger partial charge in [-0.05, 0) is 69.8 Å². The van der Waals surface area contributed by atoms with Gasteiger partial charge >= 0.3 is 0 Å². The Morgan fingerprint density at radius 3 is 2.48 bits per heavy atom. The summed E-state index contributed by atoms with van der Waals surface area (Å²) in [6, 6.07) is 3.95. The molecule has 1 aromatic rings. The first-order valence-corrected chi connectivity index (χ1v) is 8.05. The van der Waals surface area contributed by atoms with E-state index < -0.39 is 6.10 Å². The van der Waals surface area contributed by atoms with Gasteiger partial charge in [0.15, 0.2) is 6.10 Å². The second-order valence-electron chi connectivity index (χ2n) is 4.75. The van der Waals surface area contributed by atoms with Crippen molar-refractivity contribution in [3.05, 3.63) is 26.6 Å². The first-order valence-electron chi connectivity index (χ1n) is 6.46. The topological polar surface area (TPSA) is 64.3 Å². The average Bonchev–Trinajstić information content (AvgIpc) is 2.39. The van der Waals surface area contributed by atoms with Crippen molar-refractivity contribution in [2.24, 2.45) is 5.73 Å². The van der Waals surface area contributed by atoms with E-state index in [1.54, 1.807) is 6.92 Å². The molecule has 0 aliphatic rings. The highest BCUT2D eigenvalue weighted by Crippen LogP contribution is 2.35. The van der Waals surface area contributed by atoms with E-state index in [4.69, 9.17) is 16.9 Å². The van der Waals surface area contributed by atoms with Crippen molar-refractivity contribution in [2.45, 2.75) is 32.4 Å². The van der Waals surface area contributed by atoms with E-state index in [0.29, 0.717) is 5.75 Å². The van der Waals surface area contributed by atoms with Crippen LogP contribution in [0.25, 0.3) is 0 Å². The number of benzene rings is 1. The maximum Gasteiger partial charge on any atom is 0.261 e. The van der Waals surface area contributed by atoms with E-state index >= 15 is 0 Å². The average molecular weight is 418 g/mol. The molecule has 0 spiro atoms. The maximum absolute atomic E-state index is 11.8. The number of amides is 1. The van der Waals surface area contributed by atoms with Crippen LogP contribution in [0.4, 0.5) is 0 Å². The van der Waals surface area contributed by atoms with Gasteiger partial charge in [-0.2, -0.15) is 0 Å². The summed E-state index contributed by atoms with van der Waals surface area (Å²) < 4.78 is 7.22. The van der Waals surface area contributed by atoms with Gasteiger partial charge in [-0.15, -0.1) is 6.42 Å². The fourth-order valence-electron chi connectivity index (χ4n) is 1.73. The number of rotatable bonds is 6. The van der Waals surface area contributed by atoms with E-state index in [1.807, 2.05) is 19.1 Å². The molecule has 0 saturated heterocycles. The zero-order valence-corrected chi connectivity index (χ0v) is 15.1. The van der Waals surface area contributed by atoms with Gasteiger partial charge < -0.3 is 15.8 Å². The molecule has 0 radical (unpaired) electrons. The van der Waals surface area contributed by atoms with Gasteiger partial charge in [-0.3, -0.25) is 4.79 Å². The molecule has 21 heavy (non-hydrogen) atoms. The van der Waals surface area contributed by atoms with Gasteiger partial charge in [-0.25, -0.2) is 0 Å². The molecule has 4 nitrogen and oxygen atoms in total. The van der Waals surface area contributed by atoms with Crippen LogP contribution >= 0.6 is 31.9 Å². The minimum absolute atomic E-state index is 0.0732. The summed E-state index contributed by atoms with van der Waals surface area (Å²) in [4.78, 5) is 11.8. The normalized spacial score (nSPS) is 13.1. The Hall–Kier alpha value is -1.03. The Balaban J connectivity index is 2.84. The number of carbonyl (C=O) groups is 1. The van der Waals surface area contributed by atoms with Gasteiger partial charge in [0.2, 0.25) is 0 Å². The van der Waals surface area contributed by atoms with E-state index in [-0.39, 0.29) is 18.5 Å². The molecule has 0 aromatic heterocycles. The summed E-state index contributed by atoms with van der Waals surface area (Å²) in [5.41, 5.74) is 6.88. The van der Waals surface area contributed by atoms with E-state index in [1.165, 1.54) is 0 Å². The minimum atomic E-state index is -0.648. The standard InChI is InChI=1S/C15H18Br2N2O2/c1-4-5-19-15(20)10(3)21-14-12(16)7-11(6-9(2)18)8-13(14)17/h1,7-10H,5-6,18H2,2-3H3,(H,19,20). The number of hydrogen-bond acceptors (Lipinski definition) is 3. The molecule has 0 bridgehead atoms. The number of halogens is 2. The molecule has 0 aliphatic heterocycles. The molecule has 114 valence electrons. The molecule has 1 amide bonds. The van der Waals surface area contributed by atoms with Crippen molar-refractivity contribution in [1.82, 2.24) is 5.32 Å². The van der Waals surface area contributed by atoms with E-state index in [2.05, 4.69) is 43.1 Å². The van der Waals surface area contributed by atoms with Gasteiger partial charge in [-0.1, -0.05) is 5.92 Å². The second-order valence-corrected chi connectivity index (χ2v) is 6.46. The number of terminal acetylenes is 1. The molecule has 0 saturated carbocycles. The number of nitrogens with two attached hydrogens (primary N) is 1. The van der Waals surface area contributed by atoms with Crippen LogP contribution in [0.15, 0.2) is 21.1 Å². The van der Waals surface area contributed by atoms with E-state index in [0.717, 1.165) is 20.9 Å². The molecule has 0 heterocycles. The molecule has 3 N–H and O–H groups in total. The Labute approximate surface area is 142 Å². The largest absolute Gasteiger partial charge is 0.479 e. The molecule has 6 heteroatoms. The van der Waals surface area contributed by atoms with Crippen LogP contribution in [0.1, 0.15) is 19.4 Å². The smallest absolute Gasteiger partial charge is 0.261 e. The van der Waals surface area contributed by atoms with Crippen molar-refractivity contribution in [2.75, 3.05) is 6.54 Å². The molecule has 2 unspecified atom stereocenters. The lowest BCUT2D eigenvalue weighted by Crippen LogP contribution is -2.36. The molecule has 0 fully saturated rings. The van der Waals surface area contributed by atoms with Crippen molar-refractivity contribution in [1.29, 1.82) is 0 Å². The highest BCUT2D eigenvalue weighted by atomic mass is 79.9. The second kappa shape index (κ2) is 8.42. The van der Waals surface area contributed by atoms with Crippen molar-refractivity contribution < 1.29 is 9.53 Å². The zero-order chi connectivity index (χ0) is 16.0. The van der Waals surface area contributed by atoms with Crippen molar-refractivity contribution in [3.8, 4) is 18.1 Å². The highest BCUT2D eigenvalue weighted by Gasteiger charge is 2.18. The van der Waals surface area contributed by atoms with E-state index in [9.17, 15) is 4.79 Å². The lowest BCUT2D eigenvalue weighted by molar-refractivity contribution is -0.127. The van der Waals surface area contributed by atoms with Crippen LogP contribution in [0.3, 0.4) is 0 Å². The maximum atomic E-state index is 11.8. The number of ether oxygens (including phenoxy) is 1. The Bertz CT molecular complexity index is 530. The minimum Gasteiger partial charge on any atom is -0.479 e. The molecule has 1 rings (SSSR count). The van der Waals surface area contributed by atoms with Crippen molar-refractivity contribution in [3.63, 3.8) is 0 Å². The molecule has 0 aliphatic carbocycles. The monoisotopic (exact) mass is 416 g/mol. The molecule has 2 atom stereocenters. The molecular formula is C15H18Br2N2O2. The summed E-state index contributed by atoms with van der Waals surface area (Å²) in [6.45, 7) is 3.80. The number of hydrogen-bond donors (Lipinski definition) is 2. The number of carbonyl (C=O) groups excluding carboxylic acids is 1. The predicted octanol–water partition coefficient (Wildman–Crippen LogP) is 2.62. The third-order valence-electron chi connectivity index (χ3n) is 2.64. The van der Waals surface area contributed by atoms with Crippen molar-refractivity contribution >= 4 is 37.8 Å². The van der Waals surface area contributed by atoms with Crippen LogP contribution in [0, 0.1) is 12.3 Å². The van der Waals surface area contributed by atoms with Gasteiger partial charge in [0.25, 0.3) is 5.91 Å². The summed E-state index contributed by atoms with van der Waals surface area (Å²) in [5, 5.41) is 2.58. The number of nitrogens with one attached hydrogen (secondary N) is 1. The van der Waals surface area contributed by atoms with Crippen LogP contribution in [0.2, 0.25) is 0 Å². The first-order chi connectivity index (χ1) is 9.85. The van der Waals surface area contributed by atoms with Crippen LogP contribution < -0.4 is 15.8 Å². The lowest BCUT2D eigenvalue weighted by atomic mass is 10.1. The van der Waals surface area contributed by atoms with Gasteiger partial charge in [0.1, 0.15) is 5.75 Å². The first kappa shape index (κ1) is 18.0. The van der Waals surface area contributed by atoms with Crippen LogP contribution in [0.5, 0.6) is 5.75 Å². The summed E-state index contributed by atoms with van der Waals surface area (Å²) in [6.07, 6.45) is 5.22. The highest BCUT2D eigenvalue weighted by molar-refractivity contribution is 9.11. The Kier molecular flexibility index (Phi) is 7.23. The zero-order valence-electron chi connectivity index (χ0n) is 12.0. The fourth-order valence-corrected chi connectivity index (χ4v) is 3.19. The van der Waals surface area contributed by atoms with Gasteiger partial charge in [0.05, 0.1) is 15.5 Å². The molecular weight excluding hydrogens is 400 g/mol. The fraction of sp³-hybridized carbons (Fsp3) is 0.400. The van der Waals surface area contributed by atoms with Crippen LogP contribution in [-0.2, 0) is 11.2 Å². The Morgan fingerprint density at radius 1 is 1.43 bits per heavy atom. The Morgan fingerprint density at radius 2 is 2.00 bits per heavy atom. The molecule has 1 aromatic carbocycles. The third kappa shape index (κ3) is 5.70. The third-order valence-corrected chi connectivity index (χ3v) is 3.82. The summed E-state index contributed by atoms with van der Waals surface area (Å²) in [5.74, 6) is 2.67. The lowest BCUT2D eigenvalue weighted by Gasteiger charge is -2.17. The summed E-state index contributed by atoms with van der Waals surface area (Å²) in [7, 11) is 0. The SMILES string of the molecule is C#CCNC(=O)C(C)Oc1c(Br)cc(CC(C)N)cc1Br.